The number of esters is 1. The van der Waals surface area contributed by atoms with Crippen molar-refractivity contribution in [1.82, 2.24) is 5.32 Å². The van der Waals surface area contributed by atoms with Gasteiger partial charge in [0.15, 0.2) is 6.61 Å². The van der Waals surface area contributed by atoms with E-state index in [1.165, 1.54) is 6.07 Å². The van der Waals surface area contributed by atoms with Crippen LogP contribution in [0.3, 0.4) is 0 Å². The Morgan fingerprint density at radius 2 is 2.14 bits per heavy atom. The molecule has 0 aliphatic heterocycles. The van der Waals surface area contributed by atoms with Gasteiger partial charge in [-0.3, -0.25) is 4.79 Å². The molecule has 1 aromatic heterocycles. The fourth-order valence-corrected chi connectivity index (χ4v) is 2.57. The maximum absolute atomic E-state index is 13.4. The fraction of sp³-hybridized carbons (Fsp3) is 0.200. The molecule has 1 amide bonds. The van der Waals surface area contributed by atoms with Crippen LogP contribution < -0.4 is 5.32 Å². The van der Waals surface area contributed by atoms with Gasteiger partial charge in [-0.2, -0.15) is 0 Å². The van der Waals surface area contributed by atoms with Gasteiger partial charge < -0.3 is 10.1 Å². The fourth-order valence-electron chi connectivity index (χ4n) is 1.69. The van der Waals surface area contributed by atoms with Crippen LogP contribution in [0.15, 0.2) is 35.7 Å². The summed E-state index contributed by atoms with van der Waals surface area (Å²) in [6.45, 7) is -0.0162. The van der Waals surface area contributed by atoms with Crippen LogP contribution in [-0.2, 0) is 16.0 Å². The second-order valence-corrected chi connectivity index (χ2v) is 5.85. The Labute approximate surface area is 135 Å². The van der Waals surface area contributed by atoms with Gasteiger partial charge in [-0.1, -0.05) is 17.7 Å². The first-order valence-electron chi connectivity index (χ1n) is 6.47. The molecule has 22 heavy (non-hydrogen) atoms. The molecular weight excluding hydrogens is 329 g/mol. The van der Waals surface area contributed by atoms with E-state index in [1.807, 2.05) is 17.5 Å². The third-order valence-electron chi connectivity index (χ3n) is 2.76. The van der Waals surface area contributed by atoms with E-state index in [0.717, 1.165) is 17.0 Å². The molecule has 0 saturated carbocycles. The van der Waals surface area contributed by atoms with Gasteiger partial charge >= 0.3 is 5.97 Å². The monoisotopic (exact) mass is 341 g/mol. The number of nitrogens with one attached hydrogen (secondary N) is 1. The summed E-state index contributed by atoms with van der Waals surface area (Å²) < 4.78 is 18.2. The lowest BCUT2D eigenvalue weighted by Gasteiger charge is -2.07. The lowest BCUT2D eigenvalue weighted by atomic mass is 10.2. The predicted molar refractivity (Wildman–Crippen MR) is 82.7 cm³/mol. The number of rotatable bonds is 6. The molecule has 2 rings (SSSR count). The Balaban J connectivity index is 1.75. The number of amides is 1. The summed E-state index contributed by atoms with van der Waals surface area (Å²) >= 11 is 7.29. The molecule has 0 spiro atoms. The molecule has 1 heterocycles. The zero-order valence-corrected chi connectivity index (χ0v) is 13.0. The van der Waals surface area contributed by atoms with Crippen LogP contribution in [-0.4, -0.2) is 25.0 Å². The average molecular weight is 342 g/mol. The van der Waals surface area contributed by atoms with Crippen molar-refractivity contribution < 1.29 is 18.7 Å². The third kappa shape index (κ3) is 4.82. The van der Waals surface area contributed by atoms with Crippen LogP contribution in [0, 0.1) is 5.82 Å². The summed E-state index contributed by atoms with van der Waals surface area (Å²) in [7, 11) is 0. The normalized spacial score (nSPS) is 10.3. The Kier molecular flexibility index (Phi) is 5.91. The largest absolute Gasteiger partial charge is 0.452 e. The highest BCUT2D eigenvalue weighted by atomic mass is 35.5. The summed E-state index contributed by atoms with van der Waals surface area (Å²) in [4.78, 5) is 24.4. The number of ether oxygens (including phenoxy) is 1. The van der Waals surface area contributed by atoms with Crippen LogP contribution >= 0.6 is 22.9 Å². The lowest BCUT2D eigenvalue weighted by molar-refractivity contribution is -0.124. The van der Waals surface area contributed by atoms with Gasteiger partial charge in [-0.15, -0.1) is 11.3 Å². The molecule has 0 fully saturated rings. The van der Waals surface area contributed by atoms with Crippen molar-refractivity contribution in [2.24, 2.45) is 0 Å². The second kappa shape index (κ2) is 7.91. The highest BCUT2D eigenvalue weighted by molar-refractivity contribution is 7.09. The summed E-state index contributed by atoms with van der Waals surface area (Å²) in [5, 5.41) is 4.80. The van der Waals surface area contributed by atoms with Crippen molar-refractivity contribution in [3.8, 4) is 0 Å². The molecular formula is C15H13ClFNO3S. The van der Waals surface area contributed by atoms with E-state index < -0.39 is 24.3 Å². The molecule has 0 atom stereocenters. The molecule has 0 radical (unpaired) electrons. The highest BCUT2D eigenvalue weighted by Crippen LogP contribution is 2.15. The predicted octanol–water partition coefficient (Wildman–Crippen LogP) is 3.06. The van der Waals surface area contributed by atoms with Crippen molar-refractivity contribution in [2.75, 3.05) is 13.2 Å². The van der Waals surface area contributed by atoms with Gasteiger partial charge in [0.25, 0.3) is 5.91 Å². The molecule has 4 nitrogen and oxygen atoms in total. The van der Waals surface area contributed by atoms with Crippen LogP contribution in [0.4, 0.5) is 4.39 Å². The van der Waals surface area contributed by atoms with Crippen molar-refractivity contribution in [1.29, 1.82) is 0 Å². The topological polar surface area (TPSA) is 55.4 Å². The van der Waals surface area contributed by atoms with E-state index in [9.17, 15) is 14.0 Å². The molecule has 0 bridgehead atoms. The average Bonchev–Trinajstić information content (AvgIpc) is 3.00. The van der Waals surface area contributed by atoms with Gasteiger partial charge in [0.2, 0.25) is 0 Å². The Bertz CT molecular complexity index is 661. The SMILES string of the molecule is O=C(COC(=O)c1cc(Cl)ccc1F)NCCc1cccs1. The molecule has 7 heteroatoms. The summed E-state index contributed by atoms with van der Waals surface area (Å²) in [6.07, 6.45) is 0.709. The van der Waals surface area contributed by atoms with E-state index >= 15 is 0 Å². The molecule has 0 saturated heterocycles. The molecule has 0 unspecified atom stereocenters. The van der Waals surface area contributed by atoms with E-state index in [0.29, 0.717) is 13.0 Å². The maximum atomic E-state index is 13.4. The highest BCUT2D eigenvalue weighted by Gasteiger charge is 2.15. The molecule has 0 aliphatic rings. The Morgan fingerprint density at radius 1 is 1.32 bits per heavy atom. The van der Waals surface area contributed by atoms with E-state index in [1.54, 1.807) is 11.3 Å². The van der Waals surface area contributed by atoms with Gasteiger partial charge in [-0.05, 0) is 36.1 Å². The maximum Gasteiger partial charge on any atom is 0.341 e. The van der Waals surface area contributed by atoms with Gasteiger partial charge in [0.1, 0.15) is 5.82 Å². The zero-order valence-electron chi connectivity index (χ0n) is 11.5. The quantitative estimate of drug-likeness (QED) is 0.822. The second-order valence-electron chi connectivity index (χ2n) is 4.38. The number of halogens is 2. The van der Waals surface area contributed by atoms with Crippen LogP contribution in [0.1, 0.15) is 15.2 Å². The Morgan fingerprint density at radius 3 is 2.86 bits per heavy atom. The molecule has 0 aliphatic carbocycles. The number of hydrogen-bond acceptors (Lipinski definition) is 4. The number of benzene rings is 1. The zero-order chi connectivity index (χ0) is 15.9. The van der Waals surface area contributed by atoms with E-state index in [-0.39, 0.29) is 10.6 Å². The minimum absolute atomic E-state index is 0.216. The molecule has 1 N–H and O–H groups in total. The first kappa shape index (κ1) is 16.5. The first-order valence-corrected chi connectivity index (χ1v) is 7.73. The smallest absolute Gasteiger partial charge is 0.341 e. The lowest BCUT2D eigenvalue weighted by Crippen LogP contribution is -2.30. The summed E-state index contributed by atoms with van der Waals surface area (Å²) in [5.41, 5.74) is -0.293. The Hall–Kier alpha value is -1.92. The van der Waals surface area contributed by atoms with Crippen molar-refractivity contribution in [3.63, 3.8) is 0 Å². The van der Waals surface area contributed by atoms with Crippen molar-refractivity contribution in [3.05, 3.63) is 57.0 Å². The standard InChI is InChI=1S/C15H13ClFNO3S/c16-10-3-4-13(17)12(8-10)15(20)21-9-14(19)18-6-5-11-2-1-7-22-11/h1-4,7-8H,5-6,9H2,(H,18,19). The number of hydrogen-bond donors (Lipinski definition) is 1. The van der Waals surface area contributed by atoms with Crippen LogP contribution in [0.2, 0.25) is 5.02 Å². The molecule has 1 aromatic carbocycles. The van der Waals surface area contributed by atoms with E-state index in [2.05, 4.69) is 5.32 Å². The van der Waals surface area contributed by atoms with Crippen LogP contribution in [0.25, 0.3) is 0 Å². The summed E-state index contributed by atoms with van der Waals surface area (Å²) in [5.74, 6) is -2.10. The number of carbonyl (C=O) groups excluding carboxylic acids is 2. The van der Waals surface area contributed by atoms with Crippen molar-refractivity contribution in [2.45, 2.75) is 6.42 Å². The molecule has 116 valence electrons. The van der Waals surface area contributed by atoms with Gasteiger partial charge in [0.05, 0.1) is 5.56 Å². The van der Waals surface area contributed by atoms with Crippen LogP contribution in [0.5, 0.6) is 0 Å². The first-order chi connectivity index (χ1) is 10.6. The number of carbonyl (C=O) groups is 2. The van der Waals surface area contributed by atoms with E-state index in [4.69, 9.17) is 16.3 Å². The number of thiophene rings is 1. The van der Waals surface area contributed by atoms with Gasteiger partial charge in [-0.25, -0.2) is 9.18 Å². The molecule has 2 aromatic rings. The minimum Gasteiger partial charge on any atom is -0.452 e. The summed E-state index contributed by atoms with van der Waals surface area (Å²) in [6, 6.07) is 7.46. The third-order valence-corrected chi connectivity index (χ3v) is 3.93. The van der Waals surface area contributed by atoms with Crippen molar-refractivity contribution >= 4 is 34.8 Å². The minimum atomic E-state index is -0.923. The van der Waals surface area contributed by atoms with Gasteiger partial charge in [0, 0.05) is 16.4 Å².